The largest absolute Gasteiger partial charge is 0.465 e. The molecule has 0 radical (unpaired) electrons. The summed E-state index contributed by atoms with van der Waals surface area (Å²) in [5.41, 5.74) is -0.0750. The Morgan fingerprint density at radius 2 is 2.12 bits per heavy atom. The van der Waals surface area contributed by atoms with Gasteiger partial charge in [-0.05, 0) is 22.0 Å². The topological polar surface area (TPSA) is 38.3 Å². The zero-order chi connectivity index (χ0) is 12.3. The van der Waals surface area contributed by atoms with Crippen molar-refractivity contribution in [2.45, 2.75) is 0 Å². The zero-order valence-corrected chi connectivity index (χ0v) is 10.2. The first kappa shape index (κ1) is 13.0. The smallest absolute Gasteiger partial charge is 0.350 e. The molecule has 0 aliphatic rings. The van der Waals surface area contributed by atoms with Crippen LogP contribution in [0, 0.1) is 0 Å². The molecular formula is C8H5BrF3NO2S. The highest BCUT2D eigenvalue weighted by molar-refractivity contribution is 9.11. The Balaban J connectivity index is 3.05. The fraction of sp³-hybridized carbons (Fsp3) is 0.125. The number of methoxy groups -OCH3 is 1. The van der Waals surface area contributed by atoms with Gasteiger partial charge in [-0.25, -0.2) is 4.79 Å². The summed E-state index contributed by atoms with van der Waals surface area (Å²) < 4.78 is 41.2. The highest BCUT2D eigenvalue weighted by Gasteiger charge is 2.18. The lowest BCUT2D eigenvalue weighted by Crippen LogP contribution is -2.03. The summed E-state index contributed by atoms with van der Waals surface area (Å²) in [6.07, 6.45) is -2.49. The Kier molecular flexibility index (Phi) is 4.36. The van der Waals surface area contributed by atoms with E-state index in [0.29, 0.717) is 3.79 Å². The number of hydrogen-bond acceptors (Lipinski definition) is 4. The van der Waals surface area contributed by atoms with Gasteiger partial charge in [-0.3, -0.25) is 0 Å². The van der Waals surface area contributed by atoms with Gasteiger partial charge >= 0.3 is 12.0 Å². The number of esters is 1. The summed E-state index contributed by atoms with van der Waals surface area (Å²) in [6.45, 7) is 0. The molecule has 1 aromatic rings. The molecule has 1 heterocycles. The number of halogens is 4. The van der Waals surface area contributed by atoms with E-state index in [0.717, 1.165) is 18.4 Å². The van der Waals surface area contributed by atoms with Crippen LogP contribution in [0.1, 0.15) is 9.67 Å². The molecule has 1 rings (SSSR count). The predicted octanol–water partition coefficient (Wildman–Crippen LogP) is 3.74. The minimum atomic E-state index is -2.49. The fourth-order valence-corrected chi connectivity index (χ4v) is 2.34. The highest BCUT2D eigenvalue weighted by atomic mass is 79.9. The van der Waals surface area contributed by atoms with Crippen LogP contribution < -0.4 is 5.32 Å². The molecule has 0 aliphatic heterocycles. The van der Waals surface area contributed by atoms with Crippen molar-refractivity contribution in [3.05, 3.63) is 26.8 Å². The average molecular weight is 316 g/mol. The molecule has 0 fully saturated rings. The molecule has 16 heavy (non-hydrogen) atoms. The molecule has 0 saturated heterocycles. The maximum atomic E-state index is 12.6. The Morgan fingerprint density at radius 1 is 1.50 bits per heavy atom. The maximum Gasteiger partial charge on any atom is 0.350 e. The van der Waals surface area contributed by atoms with Crippen LogP contribution in [0.25, 0.3) is 0 Å². The second-order valence-corrected chi connectivity index (χ2v) is 4.92. The highest BCUT2D eigenvalue weighted by Crippen LogP contribution is 2.33. The molecule has 0 saturated carbocycles. The van der Waals surface area contributed by atoms with E-state index in [4.69, 9.17) is 0 Å². The minimum absolute atomic E-state index is 0.00535. The molecule has 8 heteroatoms. The number of hydrogen-bond donors (Lipinski definition) is 1. The molecule has 0 atom stereocenters. The number of thiophene rings is 1. The Bertz CT molecular complexity index is 442. The van der Waals surface area contributed by atoms with Crippen LogP contribution in [0.5, 0.6) is 0 Å². The molecule has 0 bridgehead atoms. The van der Waals surface area contributed by atoms with Gasteiger partial charge in [-0.2, -0.15) is 13.2 Å². The third kappa shape index (κ3) is 2.99. The Morgan fingerprint density at radius 3 is 2.62 bits per heavy atom. The van der Waals surface area contributed by atoms with Gasteiger partial charge in [-0.15, -0.1) is 11.3 Å². The number of ether oxygens (including phenoxy) is 1. The first-order valence-corrected chi connectivity index (χ1v) is 5.42. The fourth-order valence-electron chi connectivity index (χ4n) is 0.864. The summed E-state index contributed by atoms with van der Waals surface area (Å²) >= 11 is 4.00. The van der Waals surface area contributed by atoms with Gasteiger partial charge in [-0.1, -0.05) is 0 Å². The van der Waals surface area contributed by atoms with Crippen LogP contribution >= 0.6 is 27.3 Å². The van der Waals surface area contributed by atoms with Crippen molar-refractivity contribution >= 4 is 38.9 Å². The number of nitrogens with one attached hydrogen (secondary N) is 1. The molecular weight excluding hydrogens is 311 g/mol. The normalized spacial score (nSPS) is 9.81. The third-order valence-electron chi connectivity index (χ3n) is 1.48. The summed E-state index contributed by atoms with van der Waals surface area (Å²) in [6, 6.07) is 1.30. The van der Waals surface area contributed by atoms with Crippen molar-refractivity contribution in [2.75, 3.05) is 12.4 Å². The van der Waals surface area contributed by atoms with Crippen molar-refractivity contribution in [1.82, 2.24) is 0 Å². The van der Waals surface area contributed by atoms with Gasteiger partial charge in [0, 0.05) is 0 Å². The van der Waals surface area contributed by atoms with E-state index in [-0.39, 0.29) is 10.6 Å². The first-order chi connectivity index (χ1) is 7.45. The predicted molar refractivity (Wildman–Crippen MR) is 57.3 cm³/mol. The van der Waals surface area contributed by atoms with E-state index in [1.807, 2.05) is 0 Å². The number of carbonyl (C=O) groups is 1. The van der Waals surface area contributed by atoms with Gasteiger partial charge in [0.25, 0.3) is 5.95 Å². The van der Waals surface area contributed by atoms with Crippen LogP contribution in [0.15, 0.2) is 21.9 Å². The van der Waals surface area contributed by atoms with E-state index in [1.54, 1.807) is 5.32 Å². The van der Waals surface area contributed by atoms with Crippen molar-refractivity contribution < 1.29 is 22.7 Å². The minimum Gasteiger partial charge on any atom is -0.465 e. The number of rotatable bonds is 3. The lowest BCUT2D eigenvalue weighted by atomic mass is 10.4. The molecule has 1 aromatic heterocycles. The Hall–Kier alpha value is -1.02. The molecule has 0 aromatic carbocycles. The SMILES string of the molecule is COC(=O)c1sc(Br)cc1NC(F)=C(F)F. The van der Waals surface area contributed by atoms with Crippen LogP contribution in [-0.2, 0) is 4.74 Å². The van der Waals surface area contributed by atoms with Gasteiger partial charge < -0.3 is 10.1 Å². The molecule has 0 spiro atoms. The first-order valence-electron chi connectivity index (χ1n) is 3.81. The summed E-state index contributed by atoms with van der Waals surface area (Å²) in [5, 5.41) is 1.79. The van der Waals surface area contributed by atoms with Crippen molar-refractivity contribution in [3.8, 4) is 0 Å². The van der Waals surface area contributed by atoms with E-state index >= 15 is 0 Å². The van der Waals surface area contributed by atoms with E-state index in [2.05, 4.69) is 20.7 Å². The maximum absolute atomic E-state index is 12.6. The monoisotopic (exact) mass is 315 g/mol. The molecule has 1 N–H and O–H groups in total. The van der Waals surface area contributed by atoms with Crippen molar-refractivity contribution in [1.29, 1.82) is 0 Å². The lowest BCUT2D eigenvalue weighted by Gasteiger charge is -2.02. The third-order valence-corrected chi connectivity index (χ3v) is 3.10. The van der Waals surface area contributed by atoms with E-state index in [9.17, 15) is 18.0 Å². The standard InChI is InChI=1S/C8H5BrF3NO2S/c1-15-8(14)5-3(2-4(9)16-5)13-7(12)6(10)11/h2,13H,1H3. The summed E-state index contributed by atoms with van der Waals surface area (Å²) in [5.74, 6) is -2.53. The second-order valence-electron chi connectivity index (χ2n) is 2.48. The van der Waals surface area contributed by atoms with Crippen LogP contribution in [0.2, 0.25) is 0 Å². The summed E-state index contributed by atoms with van der Waals surface area (Å²) in [4.78, 5) is 11.2. The molecule has 0 unspecified atom stereocenters. The van der Waals surface area contributed by atoms with Gasteiger partial charge in [0.05, 0.1) is 16.6 Å². The summed E-state index contributed by atoms with van der Waals surface area (Å²) in [7, 11) is 1.14. The Labute approximate surface area is 101 Å². The number of anilines is 1. The molecule has 0 amide bonds. The number of carbonyl (C=O) groups excluding carboxylic acids is 1. The molecule has 0 aliphatic carbocycles. The van der Waals surface area contributed by atoms with E-state index in [1.165, 1.54) is 6.07 Å². The van der Waals surface area contributed by atoms with Crippen molar-refractivity contribution in [2.24, 2.45) is 0 Å². The quantitative estimate of drug-likeness (QED) is 0.682. The van der Waals surface area contributed by atoms with E-state index < -0.39 is 18.0 Å². The average Bonchev–Trinajstić information content (AvgIpc) is 2.58. The lowest BCUT2D eigenvalue weighted by molar-refractivity contribution is 0.0607. The molecule has 88 valence electrons. The second kappa shape index (κ2) is 5.35. The van der Waals surface area contributed by atoms with Gasteiger partial charge in [0.15, 0.2) is 0 Å². The van der Waals surface area contributed by atoms with Gasteiger partial charge in [0.1, 0.15) is 4.88 Å². The van der Waals surface area contributed by atoms with Crippen LogP contribution in [0.3, 0.4) is 0 Å². The zero-order valence-electron chi connectivity index (χ0n) is 7.81. The van der Waals surface area contributed by atoms with Crippen LogP contribution in [0.4, 0.5) is 18.9 Å². The van der Waals surface area contributed by atoms with Crippen LogP contribution in [-0.4, -0.2) is 13.1 Å². The van der Waals surface area contributed by atoms with Gasteiger partial charge in [0.2, 0.25) is 0 Å². The van der Waals surface area contributed by atoms with Crippen molar-refractivity contribution in [3.63, 3.8) is 0 Å². The molecule has 3 nitrogen and oxygen atoms in total.